The van der Waals surface area contributed by atoms with E-state index in [0.717, 1.165) is 38.5 Å². The van der Waals surface area contributed by atoms with Crippen LogP contribution in [0.15, 0.2) is 87.8 Å². The van der Waals surface area contributed by atoms with Crippen molar-refractivity contribution >= 4 is 45.1 Å². The molecule has 6 rings (SSSR count). The van der Waals surface area contributed by atoms with Crippen LogP contribution in [0.5, 0.6) is 0 Å². The van der Waals surface area contributed by atoms with Gasteiger partial charge in [-0.15, -0.1) is 0 Å². The maximum Gasteiger partial charge on any atom is 0.338 e. The molecule has 1 atom stereocenters. The molecule has 0 fully saturated rings. The number of hydrogen-bond donors (Lipinski definition) is 0. The molecule has 1 aliphatic heterocycles. The predicted octanol–water partition coefficient (Wildman–Crippen LogP) is 4.75. The fraction of sp³-hybridized carbons (Fsp3) is 0.194. The Morgan fingerprint density at radius 2 is 1.74 bits per heavy atom. The molecular weight excluding hydrogens is 494 g/mol. The van der Waals surface area contributed by atoms with E-state index < -0.39 is 12.0 Å². The van der Waals surface area contributed by atoms with Crippen molar-refractivity contribution in [1.29, 1.82) is 0 Å². The lowest BCUT2D eigenvalue weighted by Gasteiger charge is -2.25. The Kier molecular flexibility index (Phi) is 5.88. The Morgan fingerprint density at radius 1 is 1.03 bits per heavy atom. The minimum absolute atomic E-state index is 0.173. The maximum atomic E-state index is 14.1. The van der Waals surface area contributed by atoms with Crippen molar-refractivity contribution < 1.29 is 9.53 Å². The second-order valence-electron chi connectivity index (χ2n) is 9.45. The molecule has 0 saturated heterocycles. The molecule has 190 valence electrons. The van der Waals surface area contributed by atoms with E-state index in [1.807, 2.05) is 74.6 Å². The smallest absolute Gasteiger partial charge is 0.338 e. The molecule has 0 aliphatic carbocycles. The first-order chi connectivity index (χ1) is 18.4. The average molecular weight is 522 g/mol. The van der Waals surface area contributed by atoms with Gasteiger partial charge in [-0.2, -0.15) is 0 Å². The molecule has 0 saturated carbocycles. The summed E-state index contributed by atoms with van der Waals surface area (Å²) >= 11 is 1.35. The topological polar surface area (TPSA) is 65.6 Å². The average Bonchev–Trinajstić information content (AvgIpc) is 3.36. The van der Waals surface area contributed by atoms with Gasteiger partial charge in [0.15, 0.2) is 4.80 Å². The summed E-state index contributed by atoms with van der Waals surface area (Å²) in [6, 6.07) is 21.5. The summed E-state index contributed by atoms with van der Waals surface area (Å²) in [6.07, 6.45) is 1.96. The quantitative estimate of drug-likeness (QED) is 0.321. The standard InChI is InChI=1S/C31H27N3O3S/c1-5-37-30(36)27-18(2)32-31-34(28(27)23-15-10-12-20-11-6-7-13-21(20)23)29(35)26(38-31)17-24-19(3)33(4)25-16-9-8-14-22(24)25/h6-17,28H,5H2,1-4H3/b26-17+/t28-/m1/s1. The first-order valence-electron chi connectivity index (χ1n) is 12.6. The van der Waals surface area contributed by atoms with Gasteiger partial charge in [-0.25, -0.2) is 9.79 Å². The van der Waals surface area contributed by atoms with Gasteiger partial charge in [-0.05, 0) is 49.2 Å². The third-order valence-electron chi connectivity index (χ3n) is 7.36. The number of rotatable bonds is 4. The Bertz CT molecular complexity index is 1970. The highest BCUT2D eigenvalue weighted by atomic mass is 32.1. The number of carbonyl (C=O) groups excluding carboxylic acids is 1. The summed E-state index contributed by atoms with van der Waals surface area (Å²) < 4.78 is 9.84. The van der Waals surface area contributed by atoms with Crippen LogP contribution >= 0.6 is 11.3 Å². The van der Waals surface area contributed by atoms with Gasteiger partial charge in [0.1, 0.15) is 0 Å². The van der Waals surface area contributed by atoms with Gasteiger partial charge in [0.2, 0.25) is 0 Å². The Labute approximate surface area is 223 Å². The van der Waals surface area contributed by atoms with Crippen LogP contribution in [-0.4, -0.2) is 21.7 Å². The summed E-state index contributed by atoms with van der Waals surface area (Å²) in [5.74, 6) is -0.453. The van der Waals surface area contributed by atoms with Crippen LogP contribution in [0.3, 0.4) is 0 Å². The molecule has 1 aliphatic rings. The Hall–Kier alpha value is -4.23. The van der Waals surface area contributed by atoms with E-state index in [2.05, 4.69) is 23.6 Å². The SMILES string of the molecule is CCOC(=O)C1=C(C)N=c2s/c(=C/c3c(C)n(C)c4ccccc34)c(=O)n2[C@@H]1c1cccc2ccccc12. The van der Waals surface area contributed by atoms with Crippen LogP contribution < -0.4 is 14.9 Å². The van der Waals surface area contributed by atoms with Crippen molar-refractivity contribution in [2.75, 3.05) is 6.61 Å². The number of para-hydroxylation sites is 1. The molecular formula is C31H27N3O3S. The highest BCUT2D eigenvalue weighted by Crippen LogP contribution is 2.35. The predicted molar refractivity (Wildman–Crippen MR) is 152 cm³/mol. The minimum Gasteiger partial charge on any atom is -0.463 e. The number of aromatic nitrogens is 2. The van der Waals surface area contributed by atoms with E-state index in [1.54, 1.807) is 11.5 Å². The number of hydrogen-bond acceptors (Lipinski definition) is 5. The number of esters is 1. The third kappa shape index (κ3) is 3.65. The zero-order valence-electron chi connectivity index (χ0n) is 21.7. The maximum absolute atomic E-state index is 14.1. The first-order valence-corrected chi connectivity index (χ1v) is 13.4. The number of carbonyl (C=O) groups is 1. The number of allylic oxidation sites excluding steroid dienone is 1. The summed E-state index contributed by atoms with van der Waals surface area (Å²) in [7, 11) is 2.03. The Morgan fingerprint density at radius 3 is 2.53 bits per heavy atom. The molecule has 0 bridgehead atoms. The van der Waals surface area contributed by atoms with Crippen LogP contribution in [0.2, 0.25) is 0 Å². The molecule has 0 unspecified atom stereocenters. The molecule has 3 heterocycles. The zero-order valence-corrected chi connectivity index (χ0v) is 22.5. The van der Waals surface area contributed by atoms with Crippen LogP contribution in [-0.2, 0) is 16.6 Å². The lowest BCUT2D eigenvalue weighted by Crippen LogP contribution is -2.40. The van der Waals surface area contributed by atoms with Crippen LogP contribution in [0.25, 0.3) is 27.8 Å². The second-order valence-corrected chi connectivity index (χ2v) is 10.5. The highest BCUT2D eigenvalue weighted by molar-refractivity contribution is 7.07. The summed E-state index contributed by atoms with van der Waals surface area (Å²) in [5.41, 5.74) is 4.85. The van der Waals surface area contributed by atoms with E-state index in [4.69, 9.17) is 9.73 Å². The molecule has 2 aromatic heterocycles. The van der Waals surface area contributed by atoms with E-state index >= 15 is 0 Å². The normalized spacial score (nSPS) is 15.7. The van der Waals surface area contributed by atoms with Crippen LogP contribution in [0.1, 0.15) is 36.7 Å². The van der Waals surface area contributed by atoms with Gasteiger partial charge >= 0.3 is 5.97 Å². The van der Waals surface area contributed by atoms with E-state index in [-0.39, 0.29) is 12.2 Å². The third-order valence-corrected chi connectivity index (χ3v) is 8.34. The largest absolute Gasteiger partial charge is 0.463 e. The van der Waals surface area contributed by atoms with Crippen molar-refractivity contribution in [1.82, 2.24) is 9.13 Å². The fourth-order valence-corrected chi connectivity index (χ4v) is 6.47. The minimum atomic E-state index is -0.646. The lowest BCUT2D eigenvalue weighted by atomic mass is 9.91. The molecule has 0 amide bonds. The van der Waals surface area contributed by atoms with Crippen molar-refractivity contribution in [3.63, 3.8) is 0 Å². The molecule has 0 N–H and O–H groups in total. The van der Waals surface area contributed by atoms with E-state index in [9.17, 15) is 9.59 Å². The number of ether oxygens (including phenoxy) is 1. The van der Waals surface area contributed by atoms with Gasteiger partial charge in [0.25, 0.3) is 5.56 Å². The molecule has 7 heteroatoms. The molecule has 0 radical (unpaired) electrons. The van der Waals surface area contributed by atoms with Gasteiger partial charge in [0, 0.05) is 29.2 Å². The molecule has 38 heavy (non-hydrogen) atoms. The van der Waals surface area contributed by atoms with Gasteiger partial charge in [0.05, 0.1) is 28.5 Å². The van der Waals surface area contributed by atoms with Crippen molar-refractivity contribution in [3.05, 3.63) is 115 Å². The van der Waals surface area contributed by atoms with E-state index in [0.29, 0.717) is 20.6 Å². The number of nitrogens with zero attached hydrogens (tertiary/aromatic N) is 3. The van der Waals surface area contributed by atoms with Crippen LogP contribution in [0, 0.1) is 6.92 Å². The first kappa shape index (κ1) is 24.1. The monoisotopic (exact) mass is 521 g/mol. The van der Waals surface area contributed by atoms with Crippen molar-refractivity contribution in [2.24, 2.45) is 12.0 Å². The number of fused-ring (bicyclic) bond motifs is 3. The van der Waals surface area contributed by atoms with E-state index in [1.165, 1.54) is 11.3 Å². The molecule has 5 aromatic rings. The Balaban J connectivity index is 1.65. The number of aryl methyl sites for hydroxylation is 1. The number of thiazole rings is 1. The number of benzene rings is 3. The lowest BCUT2D eigenvalue weighted by molar-refractivity contribution is -0.139. The van der Waals surface area contributed by atoms with Crippen molar-refractivity contribution in [2.45, 2.75) is 26.8 Å². The zero-order chi connectivity index (χ0) is 26.6. The highest BCUT2D eigenvalue weighted by Gasteiger charge is 2.34. The second kappa shape index (κ2) is 9.26. The van der Waals surface area contributed by atoms with Gasteiger partial charge in [-0.3, -0.25) is 9.36 Å². The molecule has 0 spiro atoms. The molecule has 6 nitrogen and oxygen atoms in total. The van der Waals surface area contributed by atoms with Crippen LogP contribution in [0.4, 0.5) is 0 Å². The van der Waals surface area contributed by atoms with Gasteiger partial charge < -0.3 is 9.30 Å². The summed E-state index contributed by atoms with van der Waals surface area (Å²) in [6.45, 7) is 5.90. The van der Waals surface area contributed by atoms with Gasteiger partial charge in [-0.1, -0.05) is 72.0 Å². The van der Waals surface area contributed by atoms with Crippen molar-refractivity contribution in [3.8, 4) is 0 Å². The fourth-order valence-electron chi connectivity index (χ4n) is 5.44. The summed E-state index contributed by atoms with van der Waals surface area (Å²) in [4.78, 5) is 32.7. The summed E-state index contributed by atoms with van der Waals surface area (Å²) in [5, 5.41) is 3.11. The molecule has 3 aromatic carbocycles.